The van der Waals surface area contributed by atoms with E-state index in [4.69, 9.17) is 11.5 Å². The zero-order chi connectivity index (χ0) is 25.4. The zero-order valence-electron chi connectivity index (χ0n) is 17.9. The van der Waals surface area contributed by atoms with Gasteiger partial charge in [-0.25, -0.2) is 18.2 Å². The summed E-state index contributed by atoms with van der Waals surface area (Å²) >= 11 is 0. The van der Waals surface area contributed by atoms with E-state index in [1.54, 1.807) is 0 Å². The van der Waals surface area contributed by atoms with Crippen LogP contribution in [0.3, 0.4) is 0 Å². The Labute approximate surface area is 189 Å². The van der Waals surface area contributed by atoms with Crippen LogP contribution in [0, 0.1) is 17.5 Å². The van der Waals surface area contributed by atoms with Gasteiger partial charge in [-0.05, 0) is 25.0 Å². The lowest BCUT2D eigenvalue weighted by atomic mass is 10.0. The normalized spacial score (nSPS) is 15.6. The van der Waals surface area contributed by atoms with Gasteiger partial charge in [0.15, 0.2) is 17.5 Å². The second kappa shape index (κ2) is 9.62. The van der Waals surface area contributed by atoms with Crippen molar-refractivity contribution in [1.82, 2.24) is 14.5 Å². The summed E-state index contributed by atoms with van der Waals surface area (Å²) in [7, 11) is 0. The van der Waals surface area contributed by atoms with Crippen molar-refractivity contribution >= 4 is 17.6 Å². The van der Waals surface area contributed by atoms with Gasteiger partial charge in [0.2, 0.25) is 17.6 Å². The smallest absolute Gasteiger partial charge is 0.335 e. The van der Waals surface area contributed by atoms with Crippen LogP contribution < -0.4 is 16.8 Å². The number of nitrogens with zero attached hydrogens (tertiary/aromatic N) is 3. The molecule has 5 N–H and O–H groups in total. The van der Waals surface area contributed by atoms with Gasteiger partial charge >= 0.3 is 6.18 Å². The van der Waals surface area contributed by atoms with E-state index in [0.717, 1.165) is 4.57 Å². The largest absolute Gasteiger partial charge is 0.449 e. The number of benzene rings is 1. The van der Waals surface area contributed by atoms with E-state index >= 15 is 0 Å². The average molecular weight is 492 g/mol. The maximum atomic E-state index is 13.8. The van der Waals surface area contributed by atoms with Crippen LogP contribution in [0.4, 0.5) is 32.2 Å². The van der Waals surface area contributed by atoms with Crippen molar-refractivity contribution in [3.05, 3.63) is 46.7 Å². The van der Waals surface area contributed by atoms with E-state index in [-0.39, 0.29) is 49.6 Å². The first-order valence-corrected chi connectivity index (χ1v) is 10.2. The third-order valence-electron chi connectivity index (χ3n) is 5.28. The van der Waals surface area contributed by atoms with Crippen molar-refractivity contribution in [3.63, 3.8) is 0 Å². The van der Waals surface area contributed by atoms with Gasteiger partial charge < -0.3 is 26.3 Å². The summed E-state index contributed by atoms with van der Waals surface area (Å²) in [5.41, 5.74) is 11.1. The number of nitrogens with one attached hydrogen (secondary N) is 1. The molecule has 0 spiro atoms. The number of carbonyl (C=O) groups is 2. The Hall–Kier alpha value is -3.13. The summed E-state index contributed by atoms with van der Waals surface area (Å²) in [6.45, 7) is 0.695. The molecular formula is C20H22F6N6O2. The quantitative estimate of drug-likeness (QED) is 0.421. The van der Waals surface area contributed by atoms with Gasteiger partial charge in [0, 0.05) is 31.6 Å². The summed E-state index contributed by atoms with van der Waals surface area (Å²) in [4.78, 5) is 29.4. The van der Waals surface area contributed by atoms with Crippen LogP contribution in [0.1, 0.15) is 30.4 Å². The standard InChI is InChI=1S/C20H22F6N6O2/c1-9(27)18(34)29-17-15-8-31(2-3-32(15)19(30-17)20(24,25)26)16(33)6-11(28)4-10-5-13(22)14(23)7-12(10)21/h5,7,9,11H,2-4,6,8,27-28H2,1H3,(H,29,34)/t9-,11?/m1/s1. The van der Waals surface area contributed by atoms with Gasteiger partial charge in [0.25, 0.3) is 0 Å². The number of carbonyl (C=O) groups excluding carboxylic acids is 2. The van der Waals surface area contributed by atoms with Crippen LogP contribution in [0.2, 0.25) is 0 Å². The van der Waals surface area contributed by atoms with Crippen LogP contribution in [0.5, 0.6) is 0 Å². The highest BCUT2D eigenvalue weighted by Crippen LogP contribution is 2.34. The van der Waals surface area contributed by atoms with Crippen LogP contribution in [-0.4, -0.2) is 44.9 Å². The van der Waals surface area contributed by atoms with Gasteiger partial charge in [0.05, 0.1) is 18.3 Å². The number of imidazole rings is 1. The molecule has 0 saturated carbocycles. The molecule has 0 fully saturated rings. The number of hydrogen-bond acceptors (Lipinski definition) is 5. The number of fused-ring (bicyclic) bond motifs is 1. The Balaban J connectivity index is 1.75. The molecule has 0 aliphatic carbocycles. The van der Waals surface area contributed by atoms with Crippen LogP contribution >= 0.6 is 0 Å². The van der Waals surface area contributed by atoms with Crippen molar-refractivity contribution < 1.29 is 35.9 Å². The summed E-state index contributed by atoms with van der Waals surface area (Å²) in [6.07, 6.45) is -5.40. The average Bonchev–Trinajstić information content (AvgIpc) is 3.10. The molecule has 1 aromatic heterocycles. The molecule has 1 aromatic carbocycles. The molecule has 1 aliphatic rings. The van der Waals surface area contributed by atoms with Crippen molar-refractivity contribution in [2.24, 2.45) is 11.5 Å². The van der Waals surface area contributed by atoms with Crippen LogP contribution in [0.25, 0.3) is 0 Å². The predicted octanol–water partition coefficient (Wildman–Crippen LogP) is 1.91. The van der Waals surface area contributed by atoms with Gasteiger partial charge in [-0.2, -0.15) is 13.2 Å². The molecule has 186 valence electrons. The van der Waals surface area contributed by atoms with E-state index in [0.29, 0.717) is 12.1 Å². The monoisotopic (exact) mass is 492 g/mol. The fourth-order valence-corrected chi connectivity index (χ4v) is 3.56. The SMILES string of the molecule is C[C@@H](N)C(=O)Nc1nc(C(F)(F)F)n2c1CN(C(=O)CC(N)Cc1cc(F)c(F)cc1F)CC2. The minimum absolute atomic E-state index is 0.0406. The van der Waals surface area contributed by atoms with E-state index < -0.39 is 53.4 Å². The first kappa shape index (κ1) is 25.5. The van der Waals surface area contributed by atoms with E-state index in [1.807, 2.05) is 0 Å². The number of rotatable bonds is 6. The fraction of sp³-hybridized carbons (Fsp3) is 0.450. The fourth-order valence-electron chi connectivity index (χ4n) is 3.56. The van der Waals surface area contributed by atoms with Gasteiger partial charge in [-0.3, -0.25) is 9.59 Å². The van der Waals surface area contributed by atoms with Gasteiger partial charge in [-0.1, -0.05) is 0 Å². The molecule has 2 amide bonds. The molecule has 0 saturated heterocycles. The number of halogens is 6. The molecule has 14 heteroatoms. The molecule has 0 radical (unpaired) electrons. The highest BCUT2D eigenvalue weighted by Gasteiger charge is 2.41. The molecule has 2 aromatic rings. The molecule has 34 heavy (non-hydrogen) atoms. The molecule has 2 heterocycles. The Morgan fingerprint density at radius 2 is 1.76 bits per heavy atom. The Kier molecular flexibility index (Phi) is 7.21. The number of aromatic nitrogens is 2. The molecule has 2 atom stereocenters. The maximum absolute atomic E-state index is 13.8. The number of anilines is 1. The topological polar surface area (TPSA) is 119 Å². The zero-order valence-corrected chi connectivity index (χ0v) is 17.9. The lowest BCUT2D eigenvalue weighted by Gasteiger charge is -2.30. The van der Waals surface area contributed by atoms with Crippen LogP contribution in [0.15, 0.2) is 12.1 Å². The molecule has 1 unspecified atom stereocenters. The van der Waals surface area contributed by atoms with Gasteiger partial charge in [-0.15, -0.1) is 0 Å². The van der Waals surface area contributed by atoms with Crippen molar-refractivity contribution in [1.29, 1.82) is 0 Å². The summed E-state index contributed by atoms with van der Waals surface area (Å²) < 4.78 is 81.4. The third-order valence-corrected chi connectivity index (χ3v) is 5.28. The first-order chi connectivity index (χ1) is 15.8. The van der Waals surface area contributed by atoms with E-state index in [1.165, 1.54) is 11.8 Å². The maximum Gasteiger partial charge on any atom is 0.449 e. The lowest BCUT2D eigenvalue weighted by molar-refractivity contribution is -0.148. The third kappa shape index (κ3) is 5.50. The Morgan fingerprint density at radius 1 is 1.12 bits per heavy atom. The Morgan fingerprint density at radius 3 is 2.38 bits per heavy atom. The molecule has 1 aliphatic heterocycles. The second-order valence-electron chi connectivity index (χ2n) is 8.00. The molecule has 0 bridgehead atoms. The van der Waals surface area contributed by atoms with E-state index in [9.17, 15) is 35.9 Å². The highest BCUT2D eigenvalue weighted by molar-refractivity contribution is 5.94. The Bertz CT molecular complexity index is 1100. The lowest BCUT2D eigenvalue weighted by Crippen LogP contribution is -2.42. The minimum Gasteiger partial charge on any atom is -0.335 e. The van der Waals surface area contributed by atoms with Crippen LogP contribution in [-0.2, 0) is 35.3 Å². The number of alkyl halides is 3. The second-order valence-corrected chi connectivity index (χ2v) is 8.00. The van der Waals surface area contributed by atoms with E-state index in [2.05, 4.69) is 10.3 Å². The first-order valence-electron chi connectivity index (χ1n) is 10.2. The summed E-state index contributed by atoms with van der Waals surface area (Å²) in [6, 6.07) is -0.953. The number of nitrogens with two attached hydrogens (primary N) is 2. The highest BCUT2D eigenvalue weighted by atomic mass is 19.4. The predicted molar refractivity (Wildman–Crippen MR) is 108 cm³/mol. The summed E-state index contributed by atoms with van der Waals surface area (Å²) in [5, 5.41) is 2.24. The van der Waals surface area contributed by atoms with Gasteiger partial charge in [0.1, 0.15) is 5.82 Å². The number of hydrogen-bond donors (Lipinski definition) is 3. The summed E-state index contributed by atoms with van der Waals surface area (Å²) in [5.74, 6) is -6.53. The number of amides is 2. The van der Waals surface area contributed by atoms with Crippen molar-refractivity contribution in [2.45, 2.75) is 51.1 Å². The molecule has 8 nitrogen and oxygen atoms in total. The van der Waals surface area contributed by atoms with Crippen molar-refractivity contribution in [2.75, 3.05) is 11.9 Å². The molecular weight excluding hydrogens is 470 g/mol. The van der Waals surface area contributed by atoms with Crippen molar-refractivity contribution in [3.8, 4) is 0 Å². The minimum atomic E-state index is -4.80. The molecule has 3 rings (SSSR count).